The summed E-state index contributed by atoms with van der Waals surface area (Å²) < 4.78 is 0. The summed E-state index contributed by atoms with van der Waals surface area (Å²) >= 11 is 0. The molecule has 0 radical (unpaired) electrons. The molecule has 0 saturated heterocycles. The van der Waals surface area contributed by atoms with E-state index in [0.29, 0.717) is 12.6 Å². The molecule has 3 heteroatoms. The maximum Gasteiger partial charge on any atom is 0.231 e. The van der Waals surface area contributed by atoms with Gasteiger partial charge in [-0.1, -0.05) is 26.7 Å². The van der Waals surface area contributed by atoms with E-state index in [1.807, 2.05) is 0 Å². The molecule has 1 rings (SSSR count). The van der Waals surface area contributed by atoms with Crippen molar-refractivity contribution in [3.63, 3.8) is 0 Å². The molecule has 1 fully saturated rings. The fourth-order valence-electron chi connectivity index (χ4n) is 2.60. The van der Waals surface area contributed by atoms with Gasteiger partial charge >= 0.3 is 0 Å². The monoisotopic (exact) mass is 212 g/mol. The van der Waals surface area contributed by atoms with E-state index in [-0.39, 0.29) is 5.91 Å². The molecule has 0 aromatic rings. The third-order valence-corrected chi connectivity index (χ3v) is 3.15. The highest BCUT2D eigenvalue weighted by molar-refractivity contribution is 5.75. The van der Waals surface area contributed by atoms with Crippen molar-refractivity contribution in [2.75, 3.05) is 6.54 Å². The van der Waals surface area contributed by atoms with Gasteiger partial charge in [0, 0.05) is 6.04 Å². The molecule has 0 heterocycles. The first-order chi connectivity index (χ1) is 7.08. The van der Waals surface area contributed by atoms with E-state index in [0.717, 1.165) is 11.8 Å². The molecule has 0 aliphatic heterocycles. The Morgan fingerprint density at radius 1 is 1.47 bits per heavy atom. The number of nitrogens with one attached hydrogen (secondary N) is 1. The van der Waals surface area contributed by atoms with Gasteiger partial charge in [-0.15, -0.1) is 0 Å². The number of carbonyl (C=O) groups is 1. The highest BCUT2D eigenvalue weighted by Crippen LogP contribution is 2.29. The van der Waals surface area contributed by atoms with Gasteiger partial charge in [-0.3, -0.25) is 4.79 Å². The molecule has 3 nitrogen and oxygen atoms in total. The van der Waals surface area contributed by atoms with Crippen LogP contribution < -0.4 is 11.1 Å². The summed E-state index contributed by atoms with van der Waals surface area (Å²) in [5, 5.41) is 3.25. The number of hydrogen-bond acceptors (Lipinski definition) is 2. The van der Waals surface area contributed by atoms with Crippen molar-refractivity contribution in [3.8, 4) is 0 Å². The predicted octanol–water partition coefficient (Wildman–Crippen LogP) is 1.67. The largest absolute Gasteiger partial charge is 0.369 e. The van der Waals surface area contributed by atoms with Crippen molar-refractivity contribution >= 4 is 5.91 Å². The zero-order valence-corrected chi connectivity index (χ0v) is 9.96. The minimum Gasteiger partial charge on any atom is -0.369 e. The zero-order chi connectivity index (χ0) is 11.3. The number of amides is 1. The van der Waals surface area contributed by atoms with Gasteiger partial charge in [-0.25, -0.2) is 0 Å². The maximum absolute atomic E-state index is 10.7. The number of nitrogens with two attached hydrogens (primary N) is 1. The minimum absolute atomic E-state index is 0.249. The third kappa shape index (κ3) is 5.17. The molecule has 88 valence electrons. The third-order valence-electron chi connectivity index (χ3n) is 3.15. The normalized spacial score (nSPS) is 26.9. The lowest BCUT2D eigenvalue weighted by Gasteiger charge is -2.30. The van der Waals surface area contributed by atoms with E-state index >= 15 is 0 Å². The van der Waals surface area contributed by atoms with Crippen LogP contribution >= 0.6 is 0 Å². The van der Waals surface area contributed by atoms with E-state index in [1.54, 1.807) is 0 Å². The molecule has 2 atom stereocenters. The van der Waals surface area contributed by atoms with E-state index in [4.69, 9.17) is 5.73 Å². The van der Waals surface area contributed by atoms with Gasteiger partial charge in [-0.2, -0.15) is 0 Å². The Bertz CT molecular complexity index is 204. The lowest BCUT2D eigenvalue weighted by molar-refractivity contribution is -0.117. The lowest BCUT2D eigenvalue weighted by atomic mass is 9.81. The van der Waals surface area contributed by atoms with E-state index in [1.165, 1.54) is 32.1 Å². The molecule has 1 aliphatic rings. The molecule has 15 heavy (non-hydrogen) atoms. The molecule has 0 bridgehead atoms. The van der Waals surface area contributed by atoms with Gasteiger partial charge in [0.25, 0.3) is 0 Å². The molecule has 0 aromatic heterocycles. The lowest BCUT2D eigenvalue weighted by Crippen LogP contribution is -2.39. The summed E-state index contributed by atoms with van der Waals surface area (Å²) in [5.74, 6) is 1.37. The molecule has 3 N–H and O–H groups in total. The highest BCUT2D eigenvalue weighted by atomic mass is 16.1. The van der Waals surface area contributed by atoms with E-state index in [2.05, 4.69) is 19.2 Å². The average molecular weight is 212 g/mol. The fraction of sp³-hybridized carbons (Fsp3) is 0.917. The molecule has 0 spiro atoms. The SMILES string of the molecule is CC(C)CC1CCCC(NCC(N)=O)C1. The first kappa shape index (κ1) is 12.5. The Balaban J connectivity index is 2.25. The smallest absolute Gasteiger partial charge is 0.231 e. The molecular weight excluding hydrogens is 188 g/mol. The van der Waals surface area contributed by atoms with Crippen LogP contribution in [0.5, 0.6) is 0 Å². The molecule has 1 saturated carbocycles. The maximum atomic E-state index is 10.7. The van der Waals surface area contributed by atoms with Gasteiger partial charge in [-0.05, 0) is 31.1 Å². The minimum atomic E-state index is -0.249. The van der Waals surface area contributed by atoms with Crippen LogP contribution in [0.2, 0.25) is 0 Å². The van der Waals surface area contributed by atoms with Crippen LogP contribution in [-0.4, -0.2) is 18.5 Å². The van der Waals surface area contributed by atoms with Crippen LogP contribution in [0.15, 0.2) is 0 Å². The fourth-order valence-corrected chi connectivity index (χ4v) is 2.60. The van der Waals surface area contributed by atoms with E-state index < -0.39 is 0 Å². The number of hydrogen-bond donors (Lipinski definition) is 2. The summed E-state index contributed by atoms with van der Waals surface area (Å²) in [4.78, 5) is 10.7. The van der Waals surface area contributed by atoms with Crippen molar-refractivity contribution in [1.29, 1.82) is 0 Å². The van der Waals surface area contributed by atoms with Crippen LogP contribution in [0.3, 0.4) is 0 Å². The Morgan fingerprint density at radius 3 is 2.80 bits per heavy atom. The van der Waals surface area contributed by atoms with Gasteiger partial charge in [0.1, 0.15) is 0 Å². The number of rotatable bonds is 5. The number of carbonyl (C=O) groups excluding carboxylic acids is 1. The average Bonchev–Trinajstić information content (AvgIpc) is 2.14. The molecule has 1 aliphatic carbocycles. The highest BCUT2D eigenvalue weighted by Gasteiger charge is 2.22. The summed E-state index contributed by atoms with van der Waals surface area (Å²) in [5.41, 5.74) is 5.12. The predicted molar refractivity (Wildman–Crippen MR) is 62.4 cm³/mol. The van der Waals surface area contributed by atoms with Crippen LogP contribution in [0, 0.1) is 11.8 Å². The number of primary amides is 1. The second kappa shape index (κ2) is 6.11. The van der Waals surface area contributed by atoms with E-state index in [9.17, 15) is 4.79 Å². The van der Waals surface area contributed by atoms with Gasteiger partial charge < -0.3 is 11.1 Å². The van der Waals surface area contributed by atoms with Gasteiger partial charge in [0.05, 0.1) is 6.54 Å². The molecule has 0 aromatic carbocycles. The van der Waals surface area contributed by atoms with Crippen LogP contribution in [0.1, 0.15) is 46.0 Å². The Morgan fingerprint density at radius 2 is 2.20 bits per heavy atom. The van der Waals surface area contributed by atoms with Crippen molar-refractivity contribution in [3.05, 3.63) is 0 Å². The topological polar surface area (TPSA) is 55.1 Å². The molecule has 1 amide bonds. The second-order valence-electron chi connectivity index (χ2n) is 5.21. The van der Waals surface area contributed by atoms with Crippen LogP contribution in [0.4, 0.5) is 0 Å². The molecular formula is C12H24N2O. The summed E-state index contributed by atoms with van der Waals surface area (Å²) in [6.45, 7) is 4.89. The first-order valence-corrected chi connectivity index (χ1v) is 6.09. The summed E-state index contributed by atoms with van der Waals surface area (Å²) in [7, 11) is 0. The molecule has 2 unspecified atom stereocenters. The zero-order valence-electron chi connectivity index (χ0n) is 9.96. The first-order valence-electron chi connectivity index (χ1n) is 6.09. The second-order valence-corrected chi connectivity index (χ2v) is 5.21. The summed E-state index contributed by atoms with van der Waals surface area (Å²) in [6, 6.07) is 0.509. The van der Waals surface area contributed by atoms with Crippen LogP contribution in [-0.2, 0) is 4.79 Å². The Kier molecular flexibility index (Phi) is 5.09. The van der Waals surface area contributed by atoms with Crippen molar-refractivity contribution in [2.24, 2.45) is 17.6 Å². The Hall–Kier alpha value is -0.570. The van der Waals surface area contributed by atoms with Gasteiger partial charge in [0.2, 0.25) is 5.91 Å². The standard InChI is InChI=1S/C12H24N2O/c1-9(2)6-10-4-3-5-11(7-10)14-8-12(13)15/h9-11,14H,3-8H2,1-2H3,(H2,13,15). The van der Waals surface area contributed by atoms with Gasteiger partial charge in [0.15, 0.2) is 0 Å². The van der Waals surface area contributed by atoms with Crippen molar-refractivity contribution < 1.29 is 4.79 Å². The quantitative estimate of drug-likeness (QED) is 0.728. The van der Waals surface area contributed by atoms with Crippen molar-refractivity contribution in [1.82, 2.24) is 5.32 Å². The Labute approximate surface area is 92.8 Å². The van der Waals surface area contributed by atoms with Crippen molar-refractivity contribution in [2.45, 2.75) is 52.0 Å². The van der Waals surface area contributed by atoms with Crippen LogP contribution in [0.25, 0.3) is 0 Å². The summed E-state index contributed by atoms with van der Waals surface area (Å²) in [6.07, 6.45) is 6.36.